The van der Waals surface area contributed by atoms with Gasteiger partial charge in [-0.1, -0.05) is 23.5 Å². The second kappa shape index (κ2) is 11.0. The van der Waals surface area contributed by atoms with Crippen molar-refractivity contribution in [1.29, 1.82) is 0 Å². The fourth-order valence-corrected chi connectivity index (χ4v) is 5.24. The highest BCUT2D eigenvalue weighted by Crippen LogP contribution is 2.32. The normalized spacial score (nSPS) is 15.3. The second-order valence-electron chi connectivity index (χ2n) is 8.65. The predicted molar refractivity (Wildman–Crippen MR) is 142 cm³/mol. The van der Waals surface area contributed by atoms with E-state index < -0.39 is 12.0 Å². The molecular weight excluding hydrogens is 492 g/mol. The van der Waals surface area contributed by atoms with Crippen LogP contribution in [0.5, 0.6) is 17.2 Å². The molecular formula is C28H30N2O6S. The fraction of sp³-hybridized carbons (Fsp3) is 0.321. The molecule has 3 aromatic rings. The average molecular weight is 523 g/mol. The number of nitrogens with zero attached hydrogens (tertiary/aromatic N) is 2. The number of carbonyl (C=O) groups is 1. The Kier molecular flexibility index (Phi) is 7.83. The van der Waals surface area contributed by atoms with Crippen LogP contribution in [0.15, 0.2) is 63.5 Å². The van der Waals surface area contributed by atoms with Gasteiger partial charge in [0.1, 0.15) is 17.2 Å². The summed E-state index contributed by atoms with van der Waals surface area (Å²) < 4.78 is 24.0. The number of hydrogen-bond acceptors (Lipinski definition) is 8. The SMILES string of the molecule is CCOC(=O)C1=C(C)N=c2sc(=Cc3cc(OC)ccc3OC)c(=O)n2[C@@H]1c1ccc(OC(C)C)cc1. The number of methoxy groups -OCH3 is 2. The molecule has 0 spiro atoms. The molecule has 37 heavy (non-hydrogen) atoms. The van der Waals surface area contributed by atoms with Crippen molar-refractivity contribution < 1.29 is 23.7 Å². The van der Waals surface area contributed by atoms with Gasteiger partial charge < -0.3 is 18.9 Å². The number of allylic oxidation sites excluding steroid dienone is 1. The van der Waals surface area contributed by atoms with Crippen LogP contribution in [0.4, 0.5) is 0 Å². The number of esters is 1. The van der Waals surface area contributed by atoms with Gasteiger partial charge in [0.15, 0.2) is 4.80 Å². The number of fused-ring (bicyclic) bond motifs is 1. The molecule has 194 valence electrons. The average Bonchev–Trinajstić information content (AvgIpc) is 3.17. The smallest absolute Gasteiger partial charge is 0.338 e. The quantitative estimate of drug-likeness (QED) is 0.420. The van der Waals surface area contributed by atoms with Gasteiger partial charge in [0.05, 0.1) is 48.8 Å². The molecule has 0 aliphatic carbocycles. The van der Waals surface area contributed by atoms with E-state index in [1.165, 1.54) is 11.3 Å². The van der Waals surface area contributed by atoms with Gasteiger partial charge in [-0.15, -0.1) is 0 Å². The first-order chi connectivity index (χ1) is 17.8. The summed E-state index contributed by atoms with van der Waals surface area (Å²) in [6.45, 7) is 7.63. The van der Waals surface area contributed by atoms with E-state index in [2.05, 4.69) is 4.99 Å². The summed E-state index contributed by atoms with van der Waals surface area (Å²) in [7, 11) is 3.15. The molecule has 0 radical (unpaired) electrons. The van der Waals surface area contributed by atoms with Gasteiger partial charge in [0, 0.05) is 5.56 Å². The molecule has 1 aliphatic heterocycles. The lowest BCUT2D eigenvalue weighted by Crippen LogP contribution is -2.39. The summed E-state index contributed by atoms with van der Waals surface area (Å²) in [5.41, 5.74) is 2.02. The van der Waals surface area contributed by atoms with Crippen LogP contribution in [-0.4, -0.2) is 37.5 Å². The van der Waals surface area contributed by atoms with Crippen molar-refractivity contribution in [3.8, 4) is 17.2 Å². The second-order valence-corrected chi connectivity index (χ2v) is 9.65. The highest BCUT2D eigenvalue weighted by atomic mass is 32.1. The topological polar surface area (TPSA) is 88.4 Å². The Morgan fingerprint density at radius 3 is 2.43 bits per heavy atom. The summed E-state index contributed by atoms with van der Waals surface area (Å²) in [5, 5.41) is 0. The summed E-state index contributed by atoms with van der Waals surface area (Å²) in [6, 6.07) is 12.1. The van der Waals surface area contributed by atoms with Gasteiger partial charge in [-0.3, -0.25) is 9.36 Å². The van der Waals surface area contributed by atoms with E-state index in [4.69, 9.17) is 18.9 Å². The Bertz CT molecular complexity index is 1520. The molecule has 4 rings (SSSR count). The summed E-state index contributed by atoms with van der Waals surface area (Å²) in [5.74, 6) is 1.45. The monoisotopic (exact) mass is 522 g/mol. The van der Waals surface area contributed by atoms with Crippen molar-refractivity contribution in [3.63, 3.8) is 0 Å². The minimum Gasteiger partial charge on any atom is -0.497 e. The van der Waals surface area contributed by atoms with Crippen LogP contribution in [0, 0.1) is 0 Å². The Morgan fingerprint density at radius 1 is 1.11 bits per heavy atom. The van der Waals surface area contributed by atoms with Gasteiger partial charge in [-0.2, -0.15) is 0 Å². The number of hydrogen-bond donors (Lipinski definition) is 0. The maximum atomic E-state index is 13.8. The molecule has 0 amide bonds. The van der Waals surface area contributed by atoms with Gasteiger partial charge >= 0.3 is 5.97 Å². The summed E-state index contributed by atoms with van der Waals surface area (Å²) >= 11 is 1.25. The molecule has 1 atom stereocenters. The molecule has 0 saturated heterocycles. The van der Waals surface area contributed by atoms with Crippen LogP contribution in [-0.2, 0) is 9.53 Å². The Labute approximate surface area is 219 Å². The predicted octanol–water partition coefficient (Wildman–Crippen LogP) is 3.60. The Balaban J connectivity index is 1.92. The number of benzene rings is 2. The molecule has 2 heterocycles. The van der Waals surface area contributed by atoms with Gasteiger partial charge in [-0.05, 0) is 69.7 Å². The molecule has 8 nitrogen and oxygen atoms in total. The zero-order chi connectivity index (χ0) is 26.7. The molecule has 9 heteroatoms. The van der Waals surface area contributed by atoms with Crippen LogP contribution in [0.3, 0.4) is 0 Å². The van der Waals surface area contributed by atoms with Gasteiger partial charge in [0.2, 0.25) is 0 Å². The zero-order valence-electron chi connectivity index (χ0n) is 21.7. The third-order valence-electron chi connectivity index (χ3n) is 5.81. The number of aromatic nitrogens is 1. The van der Waals surface area contributed by atoms with E-state index in [1.807, 2.05) is 38.1 Å². The molecule has 0 N–H and O–H groups in total. The first-order valence-corrected chi connectivity index (χ1v) is 12.8. The Morgan fingerprint density at radius 2 is 1.81 bits per heavy atom. The van der Waals surface area contributed by atoms with Gasteiger partial charge in [0.25, 0.3) is 5.56 Å². The highest BCUT2D eigenvalue weighted by Gasteiger charge is 2.33. The van der Waals surface area contributed by atoms with E-state index in [1.54, 1.807) is 56.9 Å². The van der Waals surface area contributed by atoms with Crippen molar-refractivity contribution in [3.05, 3.63) is 84.5 Å². The van der Waals surface area contributed by atoms with Crippen molar-refractivity contribution >= 4 is 23.4 Å². The molecule has 0 fully saturated rings. The minimum atomic E-state index is -0.697. The van der Waals surface area contributed by atoms with E-state index >= 15 is 0 Å². The lowest BCUT2D eigenvalue weighted by atomic mass is 9.96. The standard InChI is InChI=1S/C28H30N2O6S/c1-7-35-27(32)24-17(4)29-28-30(25(24)18-8-10-20(11-9-18)36-16(2)3)26(31)23(37-28)15-19-14-21(33-5)12-13-22(19)34-6/h8-16,25H,7H2,1-6H3/t25-/m1/s1. The molecule has 0 saturated carbocycles. The van der Waals surface area contributed by atoms with Crippen molar-refractivity contribution in [2.75, 3.05) is 20.8 Å². The van der Waals surface area contributed by atoms with E-state index in [0.29, 0.717) is 43.4 Å². The Hall–Kier alpha value is -3.85. The number of carbonyl (C=O) groups excluding carboxylic acids is 1. The van der Waals surface area contributed by atoms with Crippen LogP contribution in [0.25, 0.3) is 6.08 Å². The molecule has 1 aromatic heterocycles. The maximum absolute atomic E-state index is 13.8. The first kappa shape index (κ1) is 26.2. The lowest BCUT2D eigenvalue weighted by molar-refractivity contribution is -0.139. The number of thiazole rings is 1. The van der Waals surface area contributed by atoms with E-state index in [9.17, 15) is 9.59 Å². The van der Waals surface area contributed by atoms with Gasteiger partial charge in [-0.25, -0.2) is 9.79 Å². The summed E-state index contributed by atoms with van der Waals surface area (Å²) in [4.78, 5) is 32.0. The molecule has 1 aliphatic rings. The number of ether oxygens (including phenoxy) is 4. The molecule has 0 bridgehead atoms. The fourth-order valence-electron chi connectivity index (χ4n) is 4.20. The van der Waals surface area contributed by atoms with Crippen molar-refractivity contribution in [2.45, 2.75) is 39.8 Å². The summed E-state index contributed by atoms with van der Waals surface area (Å²) in [6.07, 6.45) is 1.78. The maximum Gasteiger partial charge on any atom is 0.338 e. The third kappa shape index (κ3) is 5.32. The van der Waals surface area contributed by atoms with Crippen molar-refractivity contribution in [2.24, 2.45) is 4.99 Å². The van der Waals surface area contributed by atoms with Crippen molar-refractivity contribution in [1.82, 2.24) is 4.57 Å². The highest BCUT2D eigenvalue weighted by molar-refractivity contribution is 7.07. The molecule has 0 unspecified atom stereocenters. The van der Waals surface area contributed by atoms with Crippen LogP contribution in [0.2, 0.25) is 0 Å². The van der Waals surface area contributed by atoms with Crippen LogP contribution < -0.4 is 29.1 Å². The van der Waals surface area contributed by atoms with E-state index in [-0.39, 0.29) is 18.3 Å². The number of rotatable bonds is 8. The van der Waals surface area contributed by atoms with Crippen LogP contribution in [0.1, 0.15) is 44.9 Å². The third-order valence-corrected chi connectivity index (χ3v) is 6.79. The zero-order valence-corrected chi connectivity index (χ0v) is 22.5. The first-order valence-electron chi connectivity index (χ1n) is 12.0. The van der Waals surface area contributed by atoms with Crippen LogP contribution >= 0.6 is 11.3 Å². The molecule has 2 aromatic carbocycles. The largest absolute Gasteiger partial charge is 0.497 e. The van der Waals surface area contributed by atoms with E-state index in [0.717, 1.165) is 5.56 Å². The lowest BCUT2D eigenvalue weighted by Gasteiger charge is -2.25. The minimum absolute atomic E-state index is 0.0226.